The largest absolute Gasteiger partial charge is 0.460 e. The van der Waals surface area contributed by atoms with E-state index in [0.717, 1.165) is 0 Å². The highest BCUT2D eigenvalue weighted by Gasteiger charge is 2.91. The van der Waals surface area contributed by atoms with Gasteiger partial charge in [0.05, 0.1) is 6.42 Å². The molecule has 0 radical (unpaired) electrons. The molecule has 0 aliphatic carbocycles. The van der Waals surface area contributed by atoms with Gasteiger partial charge in [0, 0.05) is 5.92 Å². The molecule has 0 N–H and O–H groups in total. The van der Waals surface area contributed by atoms with Crippen molar-refractivity contribution in [1.29, 1.82) is 0 Å². The van der Waals surface area contributed by atoms with Gasteiger partial charge >= 0.3 is 41.8 Å². The predicted molar refractivity (Wildman–Crippen MR) is 70.4 cm³/mol. The Bertz CT molecular complexity index is 602. The standard InChI is InChI=1S/C14H15F13O2/c1-6(5-7(28)29-8(2,3)4)9(15,16)10(17,18)11(19,20)12(21,22)13(23,24)14(25,26)27/h6H,5H2,1-4H3. The molecule has 15 heteroatoms. The minimum Gasteiger partial charge on any atom is -0.460 e. The van der Waals surface area contributed by atoms with E-state index in [4.69, 9.17) is 0 Å². The molecule has 0 aromatic rings. The Hall–Kier alpha value is -1.44. The zero-order chi connectivity index (χ0) is 24.1. The molecular formula is C14H15F13O2. The van der Waals surface area contributed by atoms with Crippen molar-refractivity contribution in [1.82, 2.24) is 0 Å². The van der Waals surface area contributed by atoms with Crippen LogP contribution in [0.2, 0.25) is 0 Å². The summed E-state index contributed by atoms with van der Waals surface area (Å²) in [4.78, 5) is 11.4. The minimum absolute atomic E-state index is 0.00600. The fourth-order valence-electron chi connectivity index (χ4n) is 1.85. The van der Waals surface area contributed by atoms with E-state index in [1.807, 2.05) is 0 Å². The van der Waals surface area contributed by atoms with E-state index >= 15 is 0 Å². The number of carbonyl (C=O) groups is 1. The maximum absolute atomic E-state index is 13.8. The van der Waals surface area contributed by atoms with E-state index in [1.54, 1.807) is 0 Å². The molecule has 0 aliphatic heterocycles. The Balaban J connectivity index is 6.07. The molecule has 0 aromatic heterocycles. The van der Waals surface area contributed by atoms with Gasteiger partial charge in [0.1, 0.15) is 5.60 Å². The highest BCUT2D eigenvalue weighted by molar-refractivity contribution is 5.70. The molecular weight excluding hydrogens is 447 g/mol. The van der Waals surface area contributed by atoms with Gasteiger partial charge in [-0.1, -0.05) is 6.92 Å². The zero-order valence-corrected chi connectivity index (χ0v) is 15.0. The summed E-state index contributed by atoms with van der Waals surface area (Å²) in [6.45, 7) is 3.57. The Morgan fingerprint density at radius 3 is 1.34 bits per heavy atom. The molecule has 0 aromatic carbocycles. The number of esters is 1. The minimum atomic E-state index is -7.96. The average Bonchev–Trinajstić information content (AvgIpc) is 2.42. The fraction of sp³-hybridized carbons (Fsp3) is 0.929. The molecule has 1 unspecified atom stereocenters. The van der Waals surface area contributed by atoms with E-state index in [-0.39, 0.29) is 6.92 Å². The molecule has 0 saturated carbocycles. The van der Waals surface area contributed by atoms with Crippen molar-refractivity contribution in [3.05, 3.63) is 0 Å². The van der Waals surface area contributed by atoms with Crippen LogP contribution in [0.15, 0.2) is 0 Å². The molecule has 0 rings (SSSR count). The van der Waals surface area contributed by atoms with Crippen molar-refractivity contribution in [3.8, 4) is 0 Å². The first-order valence-electron chi connectivity index (χ1n) is 7.45. The molecule has 1 atom stereocenters. The van der Waals surface area contributed by atoms with Gasteiger partial charge in [-0.05, 0) is 20.8 Å². The van der Waals surface area contributed by atoms with E-state index in [9.17, 15) is 61.9 Å². The third-order valence-electron chi connectivity index (χ3n) is 3.47. The van der Waals surface area contributed by atoms with Gasteiger partial charge in [0.15, 0.2) is 0 Å². The second-order valence-electron chi connectivity index (χ2n) is 7.11. The maximum Gasteiger partial charge on any atom is 0.460 e. The Morgan fingerprint density at radius 2 is 1.03 bits per heavy atom. The highest BCUT2D eigenvalue weighted by Crippen LogP contribution is 2.61. The van der Waals surface area contributed by atoms with Gasteiger partial charge in [-0.2, -0.15) is 57.1 Å². The molecule has 29 heavy (non-hydrogen) atoms. The summed E-state index contributed by atoms with van der Waals surface area (Å²) >= 11 is 0. The number of hydrogen-bond acceptors (Lipinski definition) is 2. The Morgan fingerprint density at radius 1 is 0.690 bits per heavy atom. The SMILES string of the molecule is CC(CC(=O)OC(C)(C)C)C(F)(F)C(F)(F)C(F)(F)C(F)(F)C(F)(F)C(F)(F)F. The lowest BCUT2D eigenvalue weighted by atomic mass is 9.87. The van der Waals surface area contributed by atoms with E-state index in [0.29, 0.717) is 0 Å². The van der Waals surface area contributed by atoms with Crippen molar-refractivity contribution in [2.45, 2.75) is 75.5 Å². The topological polar surface area (TPSA) is 26.3 Å². The maximum atomic E-state index is 13.8. The van der Waals surface area contributed by atoms with Crippen LogP contribution >= 0.6 is 0 Å². The van der Waals surface area contributed by atoms with Crippen LogP contribution in [0.1, 0.15) is 34.1 Å². The Kier molecular flexibility index (Phi) is 6.99. The lowest BCUT2D eigenvalue weighted by Gasteiger charge is -2.41. The number of carbonyl (C=O) groups excluding carboxylic acids is 1. The van der Waals surface area contributed by atoms with Crippen LogP contribution in [0, 0.1) is 5.92 Å². The summed E-state index contributed by atoms with van der Waals surface area (Å²) in [6, 6.07) is 0. The van der Waals surface area contributed by atoms with E-state index in [1.165, 1.54) is 20.8 Å². The molecule has 2 nitrogen and oxygen atoms in total. The van der Waals surface area contributed by atoms with Crippen LogP contribution in [0.5, 0.6) is 0 Å². The van der Waals surface area contributed by atoms with Gasteiger partial charge in [-0.3, -0.25) is 4.79 Å². The Labute approximate surface area is 155 Å². The smallest absolute Gasteiger partial charge is 0.460 e. The third kappa shape index (κ3) is 4.67. The van der Waals surface area contributed by atoms with Gasteiger partial charge in [-0.15, -0.1) is 0 Å². The van der Waals surface area contributed by atoms with Crippen LogP contribution in [0.3, 0.4) is 0 Å². The van der Waals surface area contributed by atoms with E-state index < -0.39 is 59.7 Å². The van der Waals surface area contributed by atoms with Gasteiger partial charge < -0.3 is 4.74 Å². The second kappa shape index (κ2) is 7.36. The summed E-state index contributed by atoms with van der Waals surface area (Å²) in [5.74, 6) is -42.2. The van der Waals surface area contributed by atoms with Crippen LogP contribution in [0.4, 0.5) is 57.1 Å². The van der Waals surface area contributed by atoms with Crippen LogP contribution < -0.4 is 0 Å². The first-order valence-corrected chi connectivity index (χ1v) is 7.45. The number of hydrogen-bond donors (Lipinski definition) is 0. The van der Waals surface area contributed by atoms with Crippen molar-refractivity contribution in [2.24, 2.45) is 5.92 Å². The summed E-state index contributed by atoms with van der Waals surface area (Å²) < 4.78 is 174. The molecule has 0 saturated heterocycles. The molecule has 0 spiro atoms. The molecule has 0 bridgehead atoms. The van der Waals surface area contributed by atoms with Crippen molar-refractivity contribution in [2.75, 3.05) is 0 Å². The predicted octanol–water partition coefficient (Wildman–Crippen LogP) is 6.09. The van der Waals surface area contributed by atoms with Gasteiger partial charge in [-0.25, -0.2) is 0 Å². The van der Waals surface area contributed by atoms with Gasteiger partial charge in [0.2, 0.25) is 0 Å². The monoisotopic (exact) mass is 462 g/mol. The van der Waals surface area contributed by atoms with Crippen molar-refractivity contribution >= 4 is 5.97 Å². The summed E-state index contributed by atoms with van der Waals surface area (Å²) in [5.41, 5.74) is -1.36. The molecule has 0 aliphatic rings. The van der Waals surface area contributed by atoms with Gasteiger partial charge in [0.25, 0.3) is 0 Å². The lowest BCUT2D eigenvalue weighted by Crippen LogP contribution is -2.70. The normalized spacial score (nSPS) is 16.6. The number of ether oxygens (including phenoxy) is 1. The van der Waals surface area contributed by atoms with Crippen LogP contribution in [-0.4, -0.2) is 47.4 Å². The number of rotatable bonds is 7. The average molecular weight is 462 g/mol. The molecule has 0 amide bonds. The third-order valence-corrected chi connectivity index (χ3v) is 3.47. The molecule has 174 valence electrons. The number of alkyl halides is 13. The quantitative estimate of drug-likeness (QED) is 0.338. The first kappa shape index (κ1) is 27.6. The fourth-order valence-corrected chi connectivity index (χ4v) is 1.85. The van der Waals surface area contributed by atoms with Crippen LogP contribution in [0.25, 0.3) is 0 Å². The summed E-state index contributed by atoms with van der Waals surface area (Å²) in [5, 5.41) is 0. The second-order valence-corrected chi connectivity index (χ2v) is 7.11. The highest BCUT2D eigenvalue weighted by atomic mass is 19.4. The van der Waals surface area contributed by atoms with E-state index in [2.05, 4.69) is 4.74 Å². The first-order chi connectivity index (χ1) is 12.3. The summed E-state index contributed by atoms with van der Waals surface area (Å²) in [6.07, 6.45) is -9.23. The molecule has 0 fully saturated rings. The molecule has 0 heterocycles. The van der Waals surface area contributed by atoms with Crippen LogP contribution in [-0.2, 0) is 9.53 Å². The summed E-state index contributed by atoms with van der Waals surface area (Å²) in [7, 11) is 0. The zero-order valence-electron chi connectivity index (χ0n) is 15.0. The van der Waals surface area contributed by atoms with Crippen molar-refractivity contribution in [3.63, 3.8) is 0 Å². The number of halogens is 13. The van der Waals surface area contributed by atoms with Crippen molar-refractivity contribution < 1.29 is 66.6 Å². The lowest BCUT2D eigenvalue weighted by molar-refractivity contribution is -0.442.